The Kier molecular flexibility index (Phi) is 9.01. The molecule has 3 nitrogen and oxygen atoms in total. The van der Waals surface area contributed by atoms with Crippen LogP contribution in [0.2, 0.25) is 0 Å². The van der Waals surface area contributed by atoms with Gasteiger partial charge in [-0.15, -0.1) is 12.4 Å². The monoisotopic (exact) mass is 384 g/mol. The second-order valence-corrected chi connectivity index (χ2v) is 5.53. The number of hydrogen-bond donors (Lipinski definition) is 2. The van der Waals surface area contributed by atoms with Gasteiger partial charge in [0.05, 0.1) is 13.1 Å². The normalized spacial score (nSPS) is 12.4. The van der Waals surface area contributed by atoms with E-state index < -0.39 is 19.0 Å². The minimum Gasteiger partial charge on any atom is -0.350 e. The van der Waals surface area contributed by atoms with E-state index in [-0.39, 0.29) is 24.2 Å². The lowest BCUT2D eigenvalue weighted by Gasteiger charge is -2.19. The predicted molar refractivity (Wildman–Crippen MR) is 85.9 cm³/mol. The van der Waals surface area contributed by atoms with Crippen LogP contribution in [0.1, 0.15) is 18.9 Å². The lowest BCUT2D eigenvalue weighted by atomic mass is 9.96. The second-order valence-electron chi connectivity index (χ2n) is 4.68. The molecular formula is C14H20BrClF2N2O. The molecule has 1 unspecified atom stereocenters. The van der Waals surface area contributed by atoms with Crippen molar-refractivity contribution < 1.29 is 13.6 Å². The third-order valence-corrected chi connectivity index (χ3v) is 3.88. The van der Waals surface area contributed by atoms with E-state index in [0.717, 1.165) is 10.0 Å². The maximum Gasteiger partial charge on any atom is 0.277 e. The first kappa shape index (κ1) is 20.3. The Morgan fingerprint density at radius 2 is 2.05 bits per heavy atom. The summed E-state index contributed by atoms with van der Waals surface area (Å²) in [5, 5.41) is 2.28. The number of carbonyl (C=O) groups excluding carboxylic acids is 1. The summed E-state index contributed by atoms with van der Waals surface area (Å²) in [7, 11) is 0. The fourth-order valence-electron chi connectivity index (χ4n) is 1.78. The highest BCUT2D eigenvalue weighted by molar-refractivity contribution is 9.10. The van der Waals surface area contributed by atoms with Crippen LogP contribution in [0, 0.1) is 5.92 Å². The summed E-state index contributed by atoms with van der Waals surface area (Å²) in [5.74, 6) is -3.75. The van der Waals surface area contributed by atoms with Crippen LogP contribution in [0.3, 0.4) is 0 Å². The van der Waals surface area contributed by atoms with Crippen LogP contribution in [0.5, 0.6) is 0 Å². The Labute approximate surface area is 138 Å². The van der Waals surface area contributed by atoms with Crippen molar-refractivity contribution in [1.29, 1.82) is 0 Å². The molecule has 1 amide bonds. The van der Waals surface area contributed by atoms with Gasteiger partial charge in [0.25, 0.3) is 5.92 Å². The number of nitrogens with one attached hydrogen (secondary N) is 1. The lowest BCUT2D eigenvalue weighted by Crippen LogP contribution is -2.43. The average Bonchev–Trinajstić information content (AvgIpc) is 2.44. The average molecular weight is 386 g/mol. The van der Waals surface area contributed by atoms with Gasteiger partial charge in [-0.2, -0.15) is 0 Å². The Hall–Kier alpha value is -0.720. The molecular weight excluding hydrogens is 366 g/mol. The molecule has 1 aromatic carbocycles. The predicted octanol–water partition coefficient (Wildman–Crippen LogP) is 3.15. The molecule has 1 atom stereocenters. The maximum atomic E-state index is 13.0. The minimum atomic E-state index is -3.05. The van der Waals surface area contributed by atoms with Crippen molar-refractivity contribution in [2.24, 2.45) is 11.7 Å². The van der Waals surface area contributed by atoms with Crippen molar-refractivity contribution in [1.82, 2.24) is 5.32 Å². The molecule has 0 aromatic heterocycles. The van der Waals surface area contributed by atoms with Crippen molar-refractivity contribution in [3.05, 3.63) is 34.3 Å². The third kappa shape index (κ3) is 6.72. The Morgan fingerprint density at radius 3 is 2.57 bits per heavy atom. The number of amides is 1. The number of carbonyl (C=O) groups is 1. The topological polar surface area (TPSA) is 55.1 Å². The fourth-order valence-corrected chi connectivity index (χ4v) is 2.23. The van der Waals surface area contributed by atoms with Crippen LogP contribution in [0.25, 0.3) is 0 Å². The van der Waals surface area contributed by atoms with Gasteiger partial charge in [0, 0.05) is 10.4 Å². The van der Waals surface area contributed by atoms with Gasteiger partial charge >= 0.3 is 0 Å². The fraction of sp³-hybridized carbons (Fsp3) is 0.500. The minimum absolute atomic E-state index is 0. The van der Waals surface area contributed by atoms with Crippen molar-refractivity contribution >= 4 is 34.2 Å². The third-order valence-electron chi connectivity index (χ3n) is 3.11. The molecule has 1 aromatic rings. The number of nitrogens with two attached hydrogens (primary N) is 1. The number of halogens is 4. The highest BCUT2D eigenvalue weighted by Crippen LogP contribution is 2.21. The molecule has 7 heteroatoms. The highest BCUT2D eigenvalue weighted by Gasteiger charge is 2.28. The molecule has 3 N–H and O–H groups in total. The number of rotatable bonds is 7. The van der Waals surface area contributed by atoms with E-state index in [9.17, 15) is 13.6 Å². The van der Waals surface area contributed by atoms with Gasteiger partial charge in [0.15, 0.2) is 0 Å². The molecule has 0 bridgehead atoms. The van der Waals surface area contributed by atoms with Crippen LogP contribution in [-0.4, -0.2) is 24.9 Å². The summed E-state index contributed by atoms with van der Waals surface area (Å²) in [6.45, 7) is 0.380. The second kappa shape index (κ2) is 9.33. The van der Waals surface area contributed by atoms with E-state index in [4.69, 9.17) is 5.73 Å². The van der Waals surface area contributed by atoms with Gasteiger partial charge in [0.1, 0.15) is 0 Å². The summed E-state index contributed by atoms with van der Waals surface area (Å²) in [5.41, 5.74) is 5.92. The van der Waals surface area contributed by atoms with Crippen LogP contribution in [0.4, 0.5) is 8.78 Å². The van der Waals surface area contributed by atoms with Gasteiger partial charge in [-0.3, -0.25) is 4.79 Å². The zero-order valence-corrected chi connectivity index (χ0v) is 14.1. The smallest absolute Gasteiger partial charge is 0.277 e. The Bertz CT molecular complexity index is 460. The Balaban J connectivity index is 0.00000400. The SMILES string of the molecule is CCC(Cc1ccccc1Br)C(=O)NCC(F)(F)CN.Cl. The molecule has 0 spiro atoms. The molecule has 0 aliphatic carbocycles. The molecule has 0 aliphatic heterocycles. The van der Waals surface area contributed by atoms with E-state index in [0.29, 0.717) is 12.8 Å². The molecule has 120 valence electrons. The first-order chi connectivity index (χ1) is 9.39. The zero-order chi connectivity index (χ0) is 15.2. The van der Waals surface area contributed by atoms with E-state index in [2.05, 4.69) is 21.2 Å². The molecule has 21 heavy (non-hydrogen) atoms. The highest BCUT2D eigenvalue weighted by atomic mass is 79.9. The van der Waals surface area contributed by atoms with Gasteiger partial charge < -0.3 is 11.1 Å². The van der Waals surface area contributed by atoms with Gasteiger partial charge in [-0.1, -0.05) is 41.1 Å². The lowest BCUT2D eigenvalue weighted by molar-refractivity contribution is -0.126. The molecule has 0 saturated carbocycles. The molecule has 0 radical (unpaired) electrons. The van der Waals surface area contributed by atoms with E-state index in [1.54, 1.807) is 0 Å². The summed E-state index contributed by atoms with van der Waals surface area (Å²) in [6.07, 6.45) is 1.10. The van der Waals surface area contributed by atoms with Crippen molar-refractivity contribution in [2.45, 2.75) is 25.7 Å². The molecule has 0 fully saturated rings. The quantitative estimate of drug-likeness (QED) is 0.757. The summed E-state index contributed by atoms with van der Waals surface area (Å²) >= 11 is 3.42. The van der Waals surface area contributed by atoms with Gasteiger partial charge in [-0.25, -0.2) is 8.78 Å². The van der Waals surface area contributed by atoms with Crippen LogP contribution < -0.4 is 11.1 Å². The zero-order valence-electron chi connectivity index (χ0n) is 11.7. The summed E-state index contributed by atoms with van der Waals surface area (Å²) in [4.78, 5) is 12.0. The summed E-state index contributed by atoms with van der Waals surface area (Å²) < 4.78 is 27.0. The largest absolute Gasteiger partial charge is 0.350 e. The van der Waals surface area contributed by atoms with E-state index >= 15 is 0 Å². The maximum absolute atomic E-state index is 13.0. The van der Waals surface area contributed by atoms with Gasteiger partial charge in [0.2, 0.25) is 5.91 Å². The number of benzene rings is 1. The van der Waals surface area contributed by atoms with Crippen molar-refractivity contribution in [2.75, 3.05) is 13.1 Å². The first-order valence-corrected chi connectivity index (χ1v) is 7.28. The van der Waals surface area contributed by atoms with Crippen molar-refractivity contribution in [3.8, 4) is 0 Å². The van der Waals surface area contributed by atoms with Gasteiger partial charge in [-0.05, 0) is 24.5 Å². The first-order valence-electron chi connectivity index (χ1n) is 6.48. The number of hydrogen-bond acceptors (Lipinski definition) is 2. The Morgan fingerprint density at radius 1 is 1.43 bits per heavy atom. The van der Waals surface area contributed by atoms with Crippen molar-refractivity contribution in [3.63, 3.8) is 0 Å². The molecule has 0 aliphatic rings. The van der Waals surface area contributed by atoms with E-state index in [1.165, 1.54) is 0 Å². The molecule has 1 rings (SSSR count). The van der Waals surface area contributed by atoms with Crippen LogP contribution in [0.15, 0.2) is 28.7 Å². The standard InChI is InChI=1S/C14H19BrF2N2O.ClH/c1-2-10(7-11-5-3-4-6-12(11)15)13(20)19-9-14(16,17)8-18;/h3-6,10H,2,7-9,18H2,1H3,(H,19,20);1H. The number of alkyl halides is 2. The molecule has 0 heterocycles. The van der Waals surface area contributed by atoms with E-state index in [1.807, 2.05) is 31.2 Å². The van der Waals surface area contributed by atoms with Crippen LogP contribution in [-0.2, 0) is 11.2 Å². The van der Waals surface area contributed by atoms with Crippen LogP contribution >= 0.6 is 28.3 Å². The summed E-state index contributed by atoms with van der Waals surface area (Å²) in [6, 6.07) is 7.57. The molecule has 0 saturated heterocycles.